The third-order valence-corrected chi connectivity index (χ3v) is 15.1. The molecule has 1 fully saturated rings. The van der Waals surface area contributed by atoms with Crippen LogP contribution in [0.2, 0.25) is 0 Å². The molecule has 0 aromatic heterocycles. The number of ether oxygens (including phenoxy) is 3. The smallest absolute Gasteiger partial charge is 0.306 e. The third kappa shape index (κ3) is 46.3. The summed E-state index contributed by atoms with van der Waals surface area (Å²) in [4.78, 5) is 26.6. The quantitative estimate of drug-likeness (QED) is 0.0195. The topological polar surface area (TPSA) is 175 Å². The molecule has 0 aromatic carbocycles. The zero-order valence-electron chi connectivity index (χ0n) is 53.2. The lowest BCUT2D eigenvalue weighted by Crippen LogP contribution is -2.61. The van der Waals surface area contributed by atoms with Gasteiger partial charge in [-0.3, -0.25) is 9.59 Å². The van der Waals surface area contributed by atoms with Crippen molar-refractivity contribution >= 4 is 11.9 Å². The highest BCUT2D eigenvalue weighted by molar-refractivity contribution is 5.80. The van der Waals surface area contributed by atoms with E-state index in [2.05, 4.69) is 135 Å². The molecule has 480 valence electrons. The SMILES string of the molecule is CC/C=C\C/C=C\C/C=C\C/C=C\C/C=C\CCCCCC(=O)OC1C(OCC(NC(=O)C(O)CCCCCCCCCC/C=C\C/C=C\C/C=C\C/C=C\CCCCC)C(O)/C=C/CCCCCCCCCCCC)OC(CO)C(O)C1O. The molecule has 1 aliphatic rings. The van der Waals surface area contributed by atoms with E-state index in [1.807, 2.05) is 6.08 Å². The summed E-state index contributed by atoms with van der Waals surface area (Å²) in [7, 11) is 0. The minimum atomic E-state index is -1.64. The van der Waals surface area contributed by atoms with Crippen molar-refractivity contribution in [2.24, 2.45) is 0 Å². The molecule has 0 spiro atoms. The van der Waals surface area contributed by atoms with Crippen LogP contribution in [-0.2, 0) is 23.8 Å². The van der Waals surface area contributed by atoms with E-state index in [1.54, 1.807) is 6.08 Å². The zero-order valence-corrected chi connectivity index (χ0v) is 53.2. The molecule has 8 atom stereocenters. The number of nitrogens with one attached hydrogen (secondary N) is 1. The lowest BCUT2D eigenvalue weighted by molar-refractivity contribution is -0.305. The molecule has 84 heavy (non-hydrogen) atoms. The maximum Gasteiger partial charge on any atom is 0.306 e. The summed E-state index contributed by atoms with van der Waals surface area (Å²) in [6.07, 6.45) is 72.3. The highest BCUT2D eigenvalue weighted by atomic mass is 16.7. The van der Waals surface area contributed by atoms with E-state index < -0.39 is 67.4 Å². The van der Waals surface area contributed by atoms with Crippen LogP contribution in [-0.4, -0.2) is 99.6 Å². The van der Waals surface area contributed by atoms with Gasteiger partial charge in [-0.05, 0) is 116 Å². The van der Waals surface area contributed by atoms with Crippen LogP contribution < -0.4 is 5.32 Å². The zero-order chi connectivity index (χ0) is 61.0. The number of aliphatic hydroxyl groups is 5. The van der Waals surface area contributed by atoms with Gasteiger partial charge in [-0.15, -0.1) is 0 Å². The second-order valence-electron chi connectivity index (χ2n) is 22.8. The molecule has 0 saturated carbocycles. The number of aliphatic hydroxyl groups excluding tert-OH is 5. The van der Waals surface area contributed by atoms with E-state index in [4.69, 9.17) is 14.2 Å². The van der Waals surface area contributed by atoms with E-state index in [9.17, 15) is 35.1 Å². The molecule has 1 saturated heterocycles. The number of amides is 1. The van der Waals surface area contributed by atoms with Crippen LogP contribution in [0.5, 0.6) is 0 Å². The van der Waals surface area contributed by atoms with Gasteiger partial charge < -0.3 is 45.1 Å². The van der Waals surface area contributed by atoms with Crippen LogP contribution in [0.3, 0.4) is 0 Å². The summed E-state index contributed by atoms with van der Waals surface area (Å²) in [5.41, 5.74) is 0. The second kappa shape index (κ2) is 59.4. The van der Waals surface area contributed by atoms with Gasteiger partial charge in [0.1, 0.15) is 24.4 Å². The fourth-order valence-corrected chi connectivity index (χ4v) is 9.78. The van der Waals surface area contributed by atoms with E-state index in [1.165, 1.54) is 89.9 Å². The standard InChI is InChI=1S/C73H123NO10/c1-4-7-10-13-16-19-22-25-27-29-31-32-33-34-35-37-38-40-42-45-48-51-54-57-60-66(77)72(81)74-64(65(76)59-56-53-50-47-44-24-21-18-15-12-9-6-3)63-82-73-71(70(80)69(79)67(62-75)83-73)84-68(78)61-58-55-52-49-46-43-41-39-36-30-28-26-23-20-17-14-11-8-5-2/h8,11,16-17,19-20,25-28,31-32,34-36,39,43,46,56,59,64-67,69-71,73,75-77,79-80H,4-7,9-10,12-15,18,21-24,29-30,33,37-38,40-42,44-45,47-55,57-58,60-63H2,1-3H3,(H,74,81)/b11-8-,19-16-,20-17-,27-25-,28-26-,32-31-,35-34-,39-36-,46-43-,59-56+. The first-order valence-electron chi connectivity index (χ1n) is 33.8. The van der Waals surface area contributed by atoms with E-state index in [0.717, 1.165) is 128 Å². The van der Waals surface area contributed by atoms with Crippen molar-refractivity contribution in [2.45, 2.75) is 314 Å². The van der Waals surface area contributed by atoms with Gasteiger partial charge in [-0.25, -0.2) is 0 Å². The Bertz CT molecular complexity index is 1830. The van der Waals surface area contributed by atoms with E-state index in [-0.39, 0.29) is 19.4 Å². The molecule has 1 amide bonds. The average molecular weight is 1170 g/mol. The molecule has 1 heterocycles. The van der Waals surface area contributed by atoms with Crippen LogP contribution in [0, 0.1) is 0 Å². The summed E-state index contributed by atoms with van der Waals surface area (Å²) in [6, 6.07) is -1.04. The summed E-state index contributed by atoms with van der Waals surface area (Å²) in [5.74, 6) is -1.24. The van der Waals surface area contributed by atoms with E-state index >= 15 is 0 Å². The average Bonchev–Trinajstić information content (AvgIpc) is 3.69. The lowest BCUT2D eigenvalue weighted by Gasteiger charge is -2.41. The monoisotopic (exact) mass is 1170 g/mol. The number of esters is 1. The Labute approximate surface area is 512 Å². The molecule has 11 nitrogen and oxygen atoms in total. The predicted molar refractivity (Wildman–Crippen MR) is 351 cm³/mol. The Morgan fingerprint density at radius 3 is 1.31 bits per heavy atom. The van der Waals surface area contributed by atoms with Crippen LogP contribution in [0.1, 0.15) is 265 Å². The van der Waals surface area contributed by atoms with Gasteiger partial charge in [-0.1, -0.05) is 264 Å². The van der Waals surface area contributed by atoms with Crippen molar-refractivity contribution in [3.8, 4) is 0 Å². The maximum absolute atomic E-state index is 13.5. The normalized spacial score (nSPS) is 19.3. The Hall–Kier alpha value is -3.94. The molecule has 1 aliphatic heterocycles. The van der Waals surface area contributed by atoms with Gasteiger partial charge in [0.05, 0.1) is 25.4 Å². The molecule has 0 radical (unpaired) electrons. The molecular formula is C73H123NO10. The largest absolute Gasteiger partial charge is 0.454 e. The summed E-state index contributed by atoms with van der Waals surface area (Å²) < 4.78 is 17.6. The van der Waals surface area contributed by atoms with Crippen LogP contribution in [0.4, 0.5) is 0 Å². The van der Waals surface area contributed by atoms with Gasteiger partial charge in [-0.2, -0.15) is 0 Å². The Kier molecular flexibility index (Phi) is 55.2. The fourth-order valence-electron chi connectivity index (χ4n) is 9.78. The number of allylic oxidation sites excluding steroid dienone is 19. The summed E-state index contributed by atoms with van der Waals surface area (Å²) >= 11 is 0. The Balaban J connectivity index is 2.65. The van der Waals surface area contributed by atoms with Crippen molar-refractivity contribution < 1.29 is 49.3 Å². The van der Waals surface area contributed by atoms with Crippen LogP contribution >= 0.6 is 0 Å². The summed E-state index contributed by atoms with van der Waals surface area (Å²) in [6.45, 7) is 5.63. The first-order valence-corrected chi connectivity index (χ1v) is 33.8. The molecule has 6 N–H and O–H groups in total. The van der Waals surface area contributed by atoms with Crippen molar-refractivity contribution in [2.75, 3.05) is 13.2 Å². The van der Waals surface area contributed by atoms with Crippen molar-refractivity contribution in [3.05, 3.63) is 122 Å². The first kappa shape index (κ1) is 78.1. The van der Waals surface area contributed by atoms with Crippen molar-refractivity contribution in [3.63, 3.8) is 0 Å². The molecule has 11 heteroatoms. The van der Waals surface area contributed by atoms with Gasteiger partial charge in [0.15, 0.2) is 12.4 Å². The van der Waals surface area contributed by atoms with Gasteiger partial charge in [0.25, 0.3) is 0 Å². The number of carbonyl (C=O) groups is 2. The molecule has 0 bridgehead atoms. The van der Waals surface area contributed by atoms with E-state index in [0.29, 0.717) is 12.8 Å². The minimum absolute atomic E-state index is 0.0775. The minimum Gasteiger partial charge on any atom is -0.454 e. The number of hydrogen-bond acceptors (Lipinski definition) is 10. The van der Waals surface area contributed by atoms with Crippen molar-refractivity contribution in [1.29, 1.82) is 0 Å². The van der Waals surface area contributed by atoms with Crippen molar-refractivity contribution in [1.82, 2.24) is 5.32 Å². The number of hydrogen-bond donors (Lipinski definition) is 6. The lowest BCUT2D eigenvalue weighted by atomic mass is 9.99. The maximum atomic E-state index is 13.5. The Morgan fingerprint density at radius 2 is 0.857 bits per heavy atom. The first-order chi connectivity index (χ1) is 41.2. The molecule has 1 rings (SSSR count). The van der Waals surface area contributed by atoms with Crippen LogP contribution in [0.15, 0.2) is 122 Å². The highest BCUT2D eigenvalue weighted by Crippen LogP contribution is 2.26. The fraction of sp³-hybridized carbons (Fsp3) is 0.699. The molecule has 8 unspecified atom stereocenters. The predicted octanol–water partition coefficient (Wildman–Crippen LogP) is 17.0. The Morgan fingerprint density at radius 1 is 0.476 bits per heavy atom. The molecular weight excluding hydrogens is 1050 g/mol. The highest BCUT2D eigenvalue weighted by Gasteiger charge is 2.47. The van der Waals surface area contributed by atoms with Crippen LogP contribution in [0.25, 0.3) is 0 Å². The summed E-state index contributed by atoms with van der Waals surface area (Å²) in [5, 5.41) is 57.1. The molecule has 0 aromatic rings. The number of unbranched alkanes of at least 4 members (excludes halogenated alkanes) is 24. The second-order valence-corrected chi connectivity index (χ2v) is 22.8. The van der Waals surface area contributed by atoms with Gasteiger partial charge in [0, 0.05) is 6.42 Å². The number of rotatable bonds is 56. The van der Waals surface area contributed by atoms with Gasteiger partial charge in [0.2, 0.25) is 5.91 Å². The van der Waals surface area contributed by atoms with Gasteiger partial charge >= 0.3 is 5.97 Å². The molecule has 0 aliphatic carbocycles. The third-order valence-electron chi connectivity index (χ3n) is 15.1. The number of carbonyl (C=O) groups excluding carboxylic acids is 2.